The summed E-state index contributed by atoms with van der Waals surface area (Å²) in [5, 5.41) is 9.96. The fraction of sp³-hybridized carbons (Fsp3) is 0.455. The van der Waals surface area contributed by atoms with Gasteiger partial charge in [-0.15, -0.1) is 0 Å². The average Bonchev–Trinajstić information content (AvgIpc) is 2.18. The number of benzene rings is 1. The molecule has 0 aliphatic carbocycles. The van der Waals surface area contributed by atoms with Crippen LogP contribution in [0.3, 0.4) is 0 Å². The van der Waals surface area contributed by atoms with Crippen molar-refractivity contribution in [1.29, 1.82) is 0 Å². The van der Waals surface area contributed by atoms with Crippen molar-refractivity contribution >= 4 is 15.9 Å². The highest BCUT2D eigenvalue weighted by Crippen LogP contribution is 2.26. The van der Waals surface area contributed by atoms with E-state index in [0.717, 1.165) is 6.42 Å². The van der Waals surface area contributed by atoms with E-state index in [2.05, 4.69) is 15.9 Å². The van der Waals surface area contributed by atoms with Gasteiger partial charge in [0.2, 0.25) is 0 Å². The van der Waals surface area contributed by atoms with Gasteiger partial charge in [-0.2, -0.15) is 0 Å². The van der Waals surface area contributed by atoms with Crippen molar-refractivity contribution in [1.82, 2.24) is 0 Å². The summed E-state index contributed by atoms with van der Waals surface area (Å²) in [7, 11) is 0. The number of hydrogen-bond acceptors (Lipinski definition) is 2. The van der Waals surface area contributed by atoms with Gasteiger partial charge in [-0.05, 0) is 36.7 Å². The third kappa shape index (κ3) is 3.26. The second-order valence-corrected chi connectivity index (χ2v) is 4.47. The van der Waals surface area contributed by atoms with E-state index in [1.807, 2.05) is 6.92 Å². The van der Waals surface area contributed by atoms with Gasteiger partial charge in [0.1, 0.15) is 5.82 Å². The van der Waals surface area contributed by atoms with E-state index in [0.29, 0.717) is 16.6 Å². The number of hydrogen-bond donors (Lipinski definition) is 2. The molecule has 4 heteroatoms. The van der Waals surface area contributed by atoms with Crippen LogP contribution in [0.2, 0.25) is 0 Å². The SMILES string of the molecule is CCC(CN)C(O)c1cc(F)cc(Br)c1. The summed E-state index contributed by atoms with van der Waals surface area (Å²) in [6, 6.07) is 4.42. The lowest BCUT2D eigenvalue weighted by Gasteiger charge is -2.20. The van der Waals surface area contributed by atoms with Crippen molar-refractivity contribution in [3.05, 3.63) is 34.1 Å². The molecule has 1 aromatic carbocycles. The Morgan fingerprint density at radius 2 is 2.13 bits per heavy atom. The number of rotatable bonds is 4. The molecule has 15 heavy (non-hydrogen) atoms. The van der Waals surface area contributed by atoms with Crippen LogP contribution in [0.15, 0.2) is 22.7 Å². The Hall–Kier alpha value is -0.450. The minimum atomic E-state index is -0.702. The highest BCUT2D eigenvalue weighted by atomic mass is 79.9. The molecule has 0 bridgehead atoms. The van der Waals surface area contributed by atoms with Crippen LogP contribution in [0.4, 0.5) is 4.39 Å². The first-order chi connectivity index (χ1) is 7.08. The van der Waals surface area contributed by atoms with Gasteiger partial charge in [0.25, 0.3) is 0 Å². The molecular formula is C11H15BrFNO. The van der Waals surface area contributed by atoms with E-state index >= 15 is 0 Å². The zero-order chi connectivity index (χ0) is 11.4. The van der Waals surface area contributed by atoms with Crippen LogP contribution in [0, 0.1) is 11.7 Å². The molecule has 1 aromatic rings. The van der Waals surface area contributed by atoms with E-state index in [9.17, 15) is 9.50 Å². The number of aliphatic hydroxyl groups excluding tert-OH is 1. The third-order valence-electron chi connectivity index (χ3n) is 2.50. The zero-order valence-electron chi connectivity index (χ0n) is 8.58. The molecule has 0 saturated carbocycles. The predicted octanol–water partition coefficient (Wildman–Crippen LogP) is 2.61. The van der Waals surface area contributed by atoms with Gasteiger partial charge in [-0.3, -0.25) is 0 Å². The number of aliphatic hydroxyl groups is 1. The van der Waals surface area contributed by atoms with Crippen LogP contribution in [-0.2, 0) is 0 Å². The molecule has 2 nitrogen and oxygen atoms in total. The summed E-state index contributed by atoms with van der Waals surface area (Å²) in [6.07, 6.45) is 0.0678. The van der Waals surface area contributed by atoms with Gasteiger partial charge in [-0.1, -0.05) is 22.9 Å². The first-order valence-electron chi connectivity index (χ1n) is 4.92. The Kier molecular flexibility index (Phi) is 4.70. The van der Waals surface area contributed by atoms with Crippen LogP contribution in [-0.4, -0.2) is 11.7 Å². The summed E-state index contributed by atoms with van der Waals surface area (Å²) in [5.74, 6) is -0.385. The largest absolute Gasteiger partial charge is 0.388 e. The highest BCUT2D eigenvalue weighted by molar-refractivity contribution is 9.10. The maximum atomic E-state index is 13.1. The first-order valence-corrected chi connectivity index (χ1v) is 5.72. The minimum Gasteiger partial charge on any atom is -0.388 e. The lowest BCUT2D eigenvalue weighted by molar-refractivity contribution is 0.109. The molecule has 0 aromatic heterocycles. The van der Waals surface area contributed by atoms with Gasteiger partial charge in [-0.25, -0.2) is 4.39 Å². The van der Waals surface area contributed by atoms with Crippen LogP contribution in [0.5, 0.6) is 0 Å². The van der Waals surface area contributed by atoms with Crippen molar-refractivity contribution in [2.24, 2.45) is 11.7 Å². The Morgan fingerprint density at radius 3 is 2.60 bits per heavy atom. The van der Waals surface area contributed by atoms with Crippen molar-refractivity contribution in [2.75, 3.05) is 6.54 Å². The Labute approximate surface area is 97.4 Å². The first kappa shape index (κ1) is 12.6. The van der Waals surface area contributed by atoms with E-state index < -0.39 is 6.10 Å². The highest BCUT2D eigenvalue weighted by Gasteiger charge is 2.18. The number of nitrogens with two attached hydrogens (primary N) is 1. The average molecular weight is 276 g/mol. The predicted molar refractivity (Wildman–Crippen MR) is 61.9 cm³/mol. The van der Waals surface area contributed by atoms with Crippen molar-refractivity contribution in [2.45, 2.75) is 19.4 Å². The summed E-state index contributed by atoms with van der Waals surface area (Å²) >= 11 is 3.19. The van der Waals surface area contributed by atoms with E-state index in [1.165, 1.54) is 12.1 Å². The standard InChI is InChI=1S/C11H15BrFNO/c1-2-7(6-14)11(15)8-3-9(12)5-10(13)4-8/h3-5,7,11,15H,2,6,14H2,1H3. The van der Waals surface area contributed by atoms with Gasteiger partial charge in [0.05, 0.1) is 6.10 Å². The molecule has 0 fully saturated rings. The summed E-state index contributed by atoms with van der Waals surface area (Å²) in [5.41, 5.74) is 6.10. The molecular weight excluding hydrogens is 261 g/mol. The van der Waals surface area contributed by atoms with E-state index in [4.69, 9.17) is 5.73 Å². The van der Waals surface area contributed by atoms with Gasteiger partial charge < -0.3 is 10.8 Å². The second-order valence-electron chi connectivity index (χ2n) is 3.55. The lowest BCUT2D eigenvalue weighted by Crippen LogP contribution is -2.21. The normalized spacial score (nSPS) is 15.0. The third-order valence-corrected chi connectivity index (χ3v) is 2.96. The Bertz CT molecular complexity index is 308. The molecule has 0 spiro atoms. The molecule has 0 amide bonds. The Balaban J connectivity index is 2.94. The maximum Gasteiger partial charge on any atom is 0.124 e. The van der Waals surface area contributed by atoms with Gasteiger partial charge in [0.15, 0.2) is 0 Å². The smallest absolute Gasteiger partial charge is 0.124 e. The molecule has 84 valence electrons. The molecule has 1 rings (SSSR count). The van der Waals surface area contributed by atoms with Crippen molar-refractivity contribution in [3.8, 4) is 0 Å². The van der Waals surface area contributed by atoms with Crippen LogP contribution in [0.25, 0.3) is 0 Å². The monoisotopic (exact) mass is 275 g/mol. The zero-order valence-corrected chi connectivity index (χ0v) is 10.2. The topological polar surface area (TPSA) is 46.2 Å². The lowest BCUT2D eigenvalue weighted by atomic mass is 9.93. The fourth-order valence-electron chi connectivity index (χ4n) is 1.54. The summed E-state index contributed by atoms with van der Waals surface area (Å²) in [4.78, 5) is 0. The van der Waals surface area contributed by atoms with Crippen LogP contribution < -0.4 is 5.73 Å². The van der Waals surface area contributed by atoms with Crippen molar-refractivity contribution < 1.29 is 9.50 Å². The molecule has 2 unspecified atom stereocenters. The van der Waals surface area contributed by atoms with Crippen LogP contribution in [0.1, 0.15) is 25.0 Å². The molecule has 0 aliphatic rings. The van der Waals surface area contributed by atoms with E-state index in [1.54, 1.807) is 6.07 Å². The molecule has 2 atom stereocenters. The molecule has 0 radical (unpaired) electrons. The van der Waals surface area contributed by atoms with Gasteiger partial charge >= 0.3 is 0 Å². The molecule has 0 aliphatic heterocycles. The van der Waals surface area contributed by atoms with Crippen LogP contribution >= 0.6 is 15.9 Å². The quantitative estimate of drug-likeness (QED) is 0.888. The molecule has 3 N–H and O–H groups in total. The molecule has 0 heterocycles. The number of halogens is 2. The van der Waals surface area contributed by atoms with Gasteiger partial charge in [0, 0.05) is 10.4 Å². The molecule has 0 saturated heterocycles. The minimum absolute atomic E-state index is 0.0290. The second kappa shape index (κ2) is 5.58. The van der Waals surface area contributed by atoms with E-state index in [-0.39, 0.29) is 11.7 Å². The summed E-state index contributed by atoms with van der Waals surface area (Å²) in [6.45, 7) is 2.35. The summed E-state index contributed by atoms with van der Waals surface area (Å²) < 4.78 is 13.7. The maximum absolute atomic E-state index is 13.1. The Morgan fingerprint density at radius 1 is 1.47 bits per heavy atom. The van der Waals surface area contributed by atoms with Crippen molar-refractivity contribution in [3.63, 3.8) is 0 Å². The fourth-order valence-corrected chi connectivity index (χ4v) is 2.02.